The lowest BCUT2D eigenvalue weighted by Gasteiger charge is -2.36. The van der Waals surface area contributed by atoms with Gasteiger partial charge in [0.2, 0.25) is 0 Å². The normalized spacial score (nSPS) is 26.1. The fourth-order valence-corrected chi connectivity index (χ4v) is 1.81. The molecule has 0 aromatic heterocycles. The van der Waals surface area contributed by atoms with Crippen molar-refractivity contribution in [1.82, 2.24) is 0 Å². The molecule has 0 aliphatic heterocycles. The molecule has 0 heterocycles. The molecule has 1 atom stereocenters. The third-order valence-electron chi connectivity index (χ3n) is 3.40. The molecule has 1 unspecified atom stereocenters. The first kappa shape index (κ1) is 15.1. The van der Waals surface area contributed by atoms with Crippen LogP contribution in [0.25, 0.3) is 0 Å². The van der Waals surface area contributed by atoms with Gasteiger partial charge in [0.25, 0.3) is 0 Å². The molecular weight excluding hydrogens is 258 g/mol. The van der Waals surface area contributed by atoms with Crippen LogP contribution < -0.4 is 0 Å². The fourth-order valence-electron chi connectivity index (χ4n) is 1.81. The van der Waals surface area contributed by atoms with E-state index >= 15 is 0 Å². The first-order chi connectivity index (χ1) is 7.86. The van der Waals surface area contributed by atoms with Crippen LogP contribution in [0.4, 0.5) is 26.3 Å². The Morgan fingerprint density at radius 3 is 1.89 bits per heavy atom. The van der Waals surface area contributed by atoms with E-state index in [1.807, 2.05) is 0 Å². The third kappa shape index (κ3) is 3.09. The highest BCUT2D eigenvalue weighted by molar-refractivity contribution is 5.37. The standard InChI is InChI=1S/C12H14F6/c1-7(2)10(3)5-8(11(13,14)15)4-9(6-10)12(16,17)18/h4-5,7H,6H2,1-3H3. The minimum Gasteiger partial charge on any atom is -0.166 e. The van der Waals surface area contributed by atoms with E-state index in [1.54, 1.807) is 13.8 Å². The highest BCUT2D eigenvalue weighted by Crippen LogP contribution is 2.47. The van der Waals surface area contributed by atoms with Gasteiger partial charge in [-0.2, -0.15) is 26.3 Å². The van der Waals surface area contributed by atoms with Crippen molar-refractivity contribution in [1.29, 1.82) is 0 Å². The molecule has 0 saturated heterocycles. The van der Waals surface area contributed by atoms with E-state index in [0.29, 0.717) is 0 Å². The third-order valence-corrected chi connectivity index (χ3v) is 3.40. The van der Waals surface area contributed by atoms with Gasteiger partial charge in [0.1, 0.15) is 0 Å². The molecule has 1 aliphatic carbocycles. The van der Waals surface area contributed by atoms with E-state index in [9.17, 15) is 26.3 Å². The summed E-state index contributed by atoms with van der Waals surface area (Å²) in [5.74, 6) is -0.319. The van der Waals surface area contributed by atoms with Crippen LogP contribution in [0.3, 0.4) is 0 Å². The number of halogens is 6. The zero-order valence-corrected chi connectivity index (χ0v) is 10.2. The van der Waals surface area contributed by atoms with Gasteiger partial charge in [-0.25, -0.2) is 0 Å². The van der Waals surface area contributed by atoms with Crippen LogP contribution in [-0.2, 0) is 0 Å². The maximum Gasteiger partial charge on any atom is 0.416 e. The second kappa shape index (κ2) is 4.31. The highest BCUT2D eigenvalue weighted by Gasteiger charge is 2.45. The molecule has 0 aromatic carbocycles. The van der Waals surface area contributed by atoms with Crippen LogP contribution in [0.1, 0.15) is 27.2 Å². The fraction of sp³-hybridized carbons (Fsp3) is 0.667. The van der Waals surface area contributed by atoms with Gasteiger partial charge in [0.15, 0.2) is 0 Å². The molecule has 0 spiro atoms. The maximum absolute atomic E-state index is 12.6. The Morgan fingerprint density at radius 2 is 1.56 bits per heavy atom. The molecule has 0 nitrogen and oxygen atoms in total. The lowest BCUT2D eigenvalue weighted by atomic mass is 9.70. The SMILES string of the molecule is CC(C)C1(C)C=C(C(F)(F)F)C=C(C(F)(F)F)C1. The van der Waals surface area contributed by atoms with Crippen molar-refractivity contribution >= 4 is 0 Å². The summed E-state index contributed by atoms with van der Waals surface area (Å²) in [5.41, 5.74) is -3.46. The van der Waals surface area contributed by atoms with Gasteiger partial charge in [-0.05, 0) is 23.8 Å². The Bertz CT molecular complexity index is 382. The van der Waals surface area contributed by atoms with E-state index in [-0.39, 0.29) is 12.0 Å². The molecule has 0 N–H and O–H groups in total. The molecule has 0 radical (unpaired) electrons. The van der Waals surface area contributed by atoms with Gasteiger partial charge in [-0.3, -0.25) is 0 Å². The predicted octanol–water partition coefficient (Wildman–Crippen LogP) is 5.03. The van der Waals surface area contributed by atoms with Crippen molar-refractivity contribution < 1.29 is 26.3 Å². The Kier molecular flexibility index (Phi) is 3.62. The molecule has 0 aromatic rings. The molecule has 1 rings (SSSR count). The molecule has 1 aliphatic rings. The number of alkyl halides is 6. The lowest BCUT2D eigenvalue weighted by Crippen LogP contribution is -2.31. The summed E-state index contributed by atoms with van der Waals surface area (Å²) in [7, 11) is 0. The molecule has 104 valence electrons. The van der Waals surface area contributed by atoms with Crippen molar-refractivity contribution in [2.45, 2.75) is 39.5 Å². The topological polar surface area (TPSA) is 0 Å². The number of hydrogen-bond acceptors (Lipinski definition) is 0. The highest BCUT2D eigenvalue weighted by atomic mass is 19.4. The summed E-state index contributed by atoms with van der Waals surface area (Å²) < 4.78 is 75.8. The van der Waals surface area contributed by atoms with Gasteiger partial charge in [-0.1, -0.05) is 26.8 Å². The molecule has 0 saturated carbocycles. The second-order valence-corrected chi connectivity index (χ2v) is 5.10. The number of rotatable bonds is 1. The van der Waals surface area contributed by atoms with E-state index in [4.69, 9.17) is 0 Å². The van der Waals surface area contributed by atoms with Crippen LogP contribution in [0.15, 0.2) is 23.3 Å². The summed E-state index contributed by atoms with van der Waals surface area (Å²) in [6, 6.07) is 0. The minimum absolute atomic E-state index is 0.212. The van der Waals surface area contributed by atoms with Gasteiger partial charge < -0.3 is 0 Å². The van der Waals surface area contributed by atoms with Gasteiger partial charge >= 0.3 is 12.4 Å². The van der Waals surface area contributed by atoms with Crippen LogP contribution in [0, 0.1) is 11.3 Å². The van der Waals surface area contributed by atoms with E-state index in [2.05, 4.69) is 0 Å². The van der Waals surface area contributed by atoms with Gasteiger partial charge in [0.05, 0.1) is 5.57 Å². The van der Waals surface area contributed by atoms with Crippen LogP contribution in [0.2, 0.25) is 0 Å². The van der Waals surface area contributed by atoms with Crippen molar-refractivity contribution in [3.63, 3.8) is 0 Å². The Morgan fingerprint density at radius 1 is 1.06 bits per heavy atom. The Labute approximate surface area is 101 Å². The van der Waals surface area contributed by atoms with Crippen molar-refractivity contribution in [2.24, 2.45) is 11.3 Å². The summed E-state index contributed by atoms with van der Waals surface area (Å²) in [4.78, 5) is 0. The monoisotopic (exact) mass is 272 g/mol. The Balaban J connectivity index is 3.30. The molecule has 6 heteroatoms. The number of hydrogen-bond donors (Lipinski definition) is 0. The first-order valence-electron chi connectivity index (χ1n) is 5.44. The molecule has 0 fully saturated rings. The second-order valence-electron chi connectivity index (χ2n) is 5.10. The summed E-state index contributed by atoms with van der Waals surface area (Å²) in [6.45, 7) is 4.65. The van der Waals surface area contributed by atoms with Crippen molar-refractivity contribution in [3.8, 4) is 0 Å². The zero-order chi connectivity index (χ0) is 14.4. The summed E-state index contributed by atoms with van der Waals surface area (Å²) >= 11 is 0. The molecule has 18 heavy (non-hydrogen) atoms. The predicted molar refractivity (Wildman–Crippen MR) is 55.8 cm³/mol. The van der Waals surface area contributed by atoms with Crippen LogP contribution in [-0.4, -0.2) is 12.4 Å². The van der Waals surface area contributed by atoms with Crippen molar-refractivity contribution in [3.05, 3.63) is 23.3 Å². The molecular formula is C12H14F6. The molecule has 0 amide bonds. The van der Waals surface area contributed by atoms with E-state index in [1.165, 1.54) is 6.92 Å². The minimum atomic E-state index is -4.76. The summed E-state index contributed by atoms with van der Waals surface area (Å²) in [6.07, 6.45) is -8.78. The average molecular weight is 272 g/mol. The Hall–Kier alpha value is -0.940. The van der Waals surface area contributed by atoms with Crippen molar-refractivity contribution in [2.75, 3.05) is 0 Å². The molecule has 0 bridgehead atoms. The largest absolute Gasteiger partial charge is 0.416 e. The first-order valence-corrected chi connectivity index (χ1v) is 5.44. The van der Waals surface area contributed by atoms with Crippen LogP contribution >= 0.6 is 0 Å². The quantitative estimate of drug-likeness (QED) is 0.587. The van der Waals surface area contributed by atoms with Gasteiger partial charge in [0, 0.05) is 5.57 Å². The summed E-state index contributed by atoms with van der Waals surface area (Å²) in [5, 5.41) is 0. The van der Waals surface area contributed by atoms with E-state index in [0.717, 1.165) is 6.08 Å². The number of allylic oxidation sites excluding steroid dienone is 4. The maximum atomic E-state index is 12.6. The van der Waals surface area contributed by atoms with Crippen LogP contribution in [0.5, 0.6) is 0 Å². The smallest absolute Gasteiger partial charge is 0.166 e. The lowest BCUT2D eigenvalue weighted by molar-refractivity contribution is -0.103. The van der Waals surface area contributed by atoms with Gasteiger partial charge in [-0.15, -0.1) is 0 Å². The average Bonchev–Trinajstić information content (AvgIpc) is 2.13. The zero-order valence-electron chi connectivity index (χ0n) is 10.2. The van der Waals surface area contributed by atoms with E-state index < -0.39 is 35.3 Å².